The van der Waals surface area contributed by atoms with Crippen LogP contribution in [0.5, 0.6) is 0 Å². The summed E-state index contributed by atoms with van der Waals surface area (Å²) < 4.78 is 11.5. The van der Waals surface area contributed by atoms with E-state index in [0.717, 1.165) is 49.4 Å². The topological polar surface area (TPSA) is 51.4 Å². The highest BCUT2D eigenvalue weighted by Crippen LogP contribution is 2.52. The van der Waals surface area contributed by atoms with Crippen molar-refractivity contribution in [3.8, 4) is 0 Å². The lowest BCUT2D eigenvalue weighted by atomic mass is 9.68. The van der Waals surface area contributed by atoms with Gasteiger partial charge in [-0.05, 0) is 89.5 Å². The van der Waals surface area contributed by atoms with Gasteiger partial charge in [-0.1, -0.05) is 5.16 Å². The summed E-state index contributed by atoms with van der Waals surface area (Å²) >= 11 is 6.42. The van der Waals surface area contributed by atoms with Crippen molar-refractivity contribution in [2.75, 3.05) is 14.2 Å². The number of rotatable bonds is 4. The quantitative estimate of drug-likeness (QED) is 0.632. The first kappa shape index (κ1) is 20.3. The van der Waals surface area contributed by atoms with Gasteiger partial charge in [0.1, 0.15) is 0 Å². The molecule has 1 aromatic heterocycles. The fourth-order valence-electron chi connectivity index (χ4n) is 6.95. The minimum atomic E-state index is 0.380. The average Bonchev–Trinajstić information content (AvgIpc) is 3.31. The standard InChI is InChI=1S/C23H36ClN3O2/c1-27-17-9-12-20(27)21(19(13-17)14-3-7-16(24)8-4-14)23-25-22(26-29-23)15-5-10-18(28-2)11-6-15/h14-21H,3-13H2,1-2H3/t14?,15?,16?,17?,18?,19-,20?,21?/m1/s1. The molecular weight excluding hydrogens is 386 g/mol. The molecule has 4 atom stereocenters. The number of hydrogen-bond acceptors (Lipinski definition) is 5. The number of likely N-dealkylation sites (N-methyl/N-ethyl adjacent to an activating group) is 1. The van der Waals surface area contributed by atoms with Crippen LogP contribution in [0.15, 0.2) is 4.52 Å². The summed E-state index contributed by atoms with van der Waals surface area (Å²) in [5.74, 6) is 4.13. The Bertz CT molecular complexity index is 681. The highest BCUT2D eigenvalue weighted by atomic mass is 35.5. The number of ether oxygens (including phenoxy) is 1. The fraction of sp³-hybridized carbons (Fsp3) is 0.913. The van der Waals surface area contributed by atoms with Crippen LogP contribution in [0, 0.1) is 11.8 Å². The number of nitrogens with zero attached hydrogens (tertiary/aromatic N) is 3. The molecule has 0 spiro atoms. The van der Waals surface area contributed by atoms with Crippen LogP contribution in [0.25, 0.3) is 0 Å². The largest absolute Gasteiger partial charge is 0.381 e. The van der Waals surface area contributed by atoms with E-state index in [-0.39, 0.29) is 0 Å². The molecule has 5 rings (SSSR count). The Morgan fingerprint density at radius 3 is 2.48 bits per heavy atom. The second kappa shape index (κ2) is 8.47. The number of fused-ring (bicyclic) bond motifs is 2. The molecule has 4 fully saturated rings. The van der Waals surface area contributed by atoms with Crippen molar-refractivity contribution < 1.29 is 9.26 Å². The lowest BCUT2D eigenvalue weighted by molar-refractivity contribution is 0.0497. The number of aromatic nitrogens is 2. The zero-order chi connectivity index (χ0) is 20.0. The molecule has 0 radical (unpaired) electrons. The maximum atomic E-state index is 6.42. The van der Waals surface area contributed by atoms with E-state index in [2.05, 4.69) is 17.1 Å². The summed E-state index contributed by atoms with van der Waals surface area (Å²) in [7, 11) is 4.13. The minimum Gasteiger partial charge on any atom is -0.381 e. The molecule has 29 heavy (non-hydrogen) atoms. The summed E-state index contributed by atoms with van der Waals surface area (Å²) in [4.78, 5) is 7.66. The first-order valence-corrected chi connectivity index (χ1v) is 12.3. The molecule has 2 saturated carbocycles. The monoisotopic (exact) mass is 421 g/mol. The molecule has 3 heterocycles. The normalized spacial score (nSPS) is 43.6. The first-order valence-electron chi connectivity index (χ1n) is 11.9. The zero-order valence-corrected chi connectivity index (χ0v) is 18.7. The van der Waals surface area contributed by atoms with Gasteiger partial charge in [0.05, 0.1) is 12.0 Å². The molecule has 0 amide bonds. The summed E-state index contributed by atoms with van der Waals surface area (Å²) in [6.07, 6.45) is 13.6. The van der Waals surface area contributed by atoms with Crippen molar-refractivity contribution in [3.05, 3.63) is 11.7 Å². The Balaban J connectivity index is 1.36. The summed E-state index contributed by atoms with van der Waals surface area (Å²) in [6.45, 7) is 0. The highest BCUT2D eigenvalue weighted by Gasteiger charge is 2.50. The van der Waals surface area contributed by atoms with Gasteiger partial charge in [0.15, 0.2) is 5.82 Å². The first-order chi connectivity index (χ1) is 14.1. The van der Waals surface area contributed by atoms with Crippen molar-refractivity contribution in [2.45, 2.75) is 106 Å². The van der Waals surface area contributed by atoms with E-state index in [4.69, 9.17) is 25.8 Å². The predicted molar refractivity (Wildman–Crippen MR) is 113 cm³/mol. The number of methoxy groups -OCH3 is 1. The van der Waals surface area contributed by atoms with Crippen molar-refractivity contribution in [3.63, 3.8) is 0 Å². The van der Waals surface area contributed by atoms with Gasteiger partial charge in [-0.25, -0.2) is 0 Å². The number of alkyl halides is 1. The Morgan fingerprint density at radius 1 is 1.00 bits per heavy atom. The molecule has 2 aliphatic carbocycles. The Kier molecular flexibility index (Phi) is 5.92. The van der Waals surface area contributed by atoms with E-state index >= 15 is 0 Å². The van der Waals surface area contributed by atoms with Gasteiger partial charge in [0.2, 0.25) is 5.89 Å². The van der Waals surface area contributed by atoms with Crippen LogP contribution < -0.4 is 0 Å². The molecule has 4 aliphatic rings. The smallest absolute Gasteiger partial charge is 0.231 e. The van der Waals surface area contributed by atoms with E-state index in [0.29, 0.717) is 35.3 Å². The van der Waals surface area contributed by atoms with Gasteiger partial charge < -0.3 is 9.26 Å². The average molecular weight is 422 g/mol. The summed E-state index contributed by atoms with van der Waals surface area (Å²) in [5, 5.41) is 4.88. The zero-order valence-electron chi connectivity index (χ0n) is 17.9. The lowest BCUT2D eigenvalue weighted by Gasteiger charge is -2.45. The third kappa shape index (κ3) is 3.87. The van der Waals surface area contributed by atoms with Gasteiger partial charge in [0, 0.05) is 30.5 Å². The predicted octanol–water partition coefficient (Wildman–Crippen LogP) is 5.11. The summed E-state index contributed by atoms with van der Waals surface area (Å²) in [5.41, 5.74) is 0. The molecule has 162 valence electrons. The molecular formula is C23H36ClN3O2. The van der Waals surface area contributed by atoms with Crippen molar-refractivity contribution in [1.82, 2.24) is 15.0 Å². The van der Waals surface area contributed by atoms with Crippen molar-refractivity contribution in [2.24, 2.45) is 11.8 Å². The molecule has 2 aliphatic heterocycles. The minimum absolute atomic E-state index is 0.380. The maximum absolute atomic E-state index is 6.42. The van der Waals surface area contributed by atoms with E-state index in [9.17, 15) is 0 Å². The SMILES string of the molecule is COC1CCC(c2noc(C3C4CCC(C[C@@H]3C3CCC(Cl)CC3)N4C)n2)CC1. The Morgan fingerprint density at radius 2 is 1.76 bits per heavy atom. The van der Waals surface area contributed by atoms with E-state index < -0.39 is 0 Å². The molecule has 1 aromatic rings. The van der Waals surface area contributed by atoms with Crippen LogP contribution in [0.1, 0.15) is 94.2 Å². The van der Waals surface area contributed by atoms with Crippen LogP contribution in [0.3, 0.4) is 0 Å². The van der Waals surface area contributed by atoms with Gasteiger partial charge in [0.25, 0.3) is 0 Å². The van der Waals surface area contributed by atoms with Gasteiger partial charge in [-0.2, -0.15) is 4.98 Å². The Labute approximate surface area is 179 Å². The molecule has 3 unspecified atom stereocenters. The second-order valence-corrected chi connectivity index (χ2v) is 10.7. The van der Waals surface area contributed by atoms with Gasteiger partial charge in [-0.3, -0.25) is 4.90 Å². The molecule has 2 bridgehead atoms. The number of hydrogen-bond donors (Lipinski definition) is 0. The fourth-order valence-corrected chi connectivity index (χ4v) is 7.20. The van der Waals surface area contributed by atoms with Crippen molar-refractivity contribution in [1.29, 1.82) is 0 Å². The Hall–Kier alpha value is -0.650. The van der Waals surface area contributed by atoms with Crippen molar-refractivity contribution >= 4 is 11.6 Å². The second-order valence-electron chi connectivity index (χ2n) is 10.1. The summed E-state index contributed by atoms with van der Waals surface area (Å²) in [6, 6.07) is 1.30. The molecule has 6 heteroatoms. The van der Waals surface area contributed by atoms with Crippen LogP contribution in [0.4, 0.5) is 0 Å². The van der Waals surface area contributed by atoms with Crippen LogP contribution in [-0.2, 0) is 4.74 Å². The maximum Gasteiger partial charge on any atom is 0.231 e. The van der Waals surface area contributed by atoms with Crippen LogP contribution in [-0.4, -0.2) is 52.8 Å². The van der Waals surface area contributed by atoms with Crippen LogP contribution in [0.2, 0.25) is 0 Å². The third-order valence-electron chi connectivity index (χ3n) is 8.74. The highest BCUT2D eigenvalue weighted by molar-refractivity contribution is 6.20. The third-order valence-corrected chi connectivity index (χ3v) is 9.17. The molecule has 0 aromatic carbocycles. The molecule has 5 nitrogen and oxygen atoms in total. The number of halogens is 1. The van der Waals surface area contributed by atoms with E-state index in [1.54, 1.807) is 0 Å². The van der Waals surface area contributed by atoms with Gasteiger partial charge >= 0.3 is 0 Å². The van der Waals surface area contributed by atoms with E-state index in [1.165, 1.54) is 44.9 Å². The molecule has 0 N–H and O–H groups in total. The van der Waals surface area contributed by atoms with Gasteiger partial charge in [-0.15, -0.1) is 11.6 Å². The lowest BCUT2D eigenvalue weighted by Crippen LogP contribution is -2.47. The number of piperidine rings is 1. The van der Waals surface area contributed by atoms with Crippen LogP contribution >= 0.6 is 11.6 Å². The van der Waals surface area contributed by atoms with E-state index in [1.807, 2.05) is 7.11 Å². The molecule has 2 saturated heterocycles.